The molecule has 1 amide bonds. The van der Waals surface area contributed by atoms with Crippen molar-refractivity contribution < 1.29 is 14.5 Å². The Hall–Kier alpha value is -2.15. The highest BCUT2D eigenvalue weighted by Crippen LogP contribution is 2.25. The van der Waals surface area contributed by atoms with Gasteiger partial charge < -0.3 is 15.0 Å². The first kappa shape index (κ1) is 13.3. The minimum atomic E-state index is -0.434. The standard InChI is InChI=1S/C12H15N3O4/c1-13-10-3-2-9(6-11(10)15(17)18)7-14-4-5-19-8-12(14)16/h2-3,6,13H,4-5,7-8H2,1H3. The Balaban J connectivity index is 2.18. The van der Waals surface area contributed by atoms with Gasteiger partial charge in [-0.05, 0) is 11.6 Å². The third-order valence-corrected chi connectivity index (χ3v) is 2.99. The smallest absolute Gasteiger partial charge is 0.292 e. The van der Waals surface area contributed by atoms with Crippen LogP contribution < -0.4 is 5.32 Å². The fourth-order valence-corrected chi connectivity index (χ4v) is 1.98. The van der Waals surface area contributed by atoms with Gasteiger partial charge >= 0.3 is 0 Å². The Morgan fingerprint density at radius 3 is 2.95 bits per heavy atom. The molecular formula is C12H15N3O4. The van der Waals surface area contributed by atoms with E-state index >= 15 is 0 Å². The van der Waals surface area contributed by atoms with E-state index in [0.717, 1.165) is 5.56 Å². The van der Waals surface area contributed by atoms with Crippen molar-refractivity contribution in [1.82, 2.24) is 4.90 Å². The van der Waals surface area contributed by atoms with E-state index in [1.54, 1.807) is 24.1 Å². The summed E-state index contributed by atoms with van der Waals surface area (Å²) in [5.74, 6) is -0.0911. The summed E-state index contributed by atoms with van der Waals surface area (Å²) in [6.45, 7) is 1.46. The summed E-state index contributed by atoms with van der Waals surface area (Å²) < 4.78 is 5.04. The highest BCUT2D eigenvalue weighted by molar-refractivity contribution is 5.78. The monoisotopic (exact) mass is 265 g/mol. The van der Waals surface area contributed by atoms with E-state index in [1.165, 1.54) is 6.07 Å². The molecule has 0 bridgehead atoms. The van der Waals surface area contributed by atoms with Gasteiger partial charge in [-0.1, -0.05) is 6.07 Å². The number of carbonyl (C=O) groups excluding carboxylic acids is 1. The summed E-state index contributed by atoms with van der Waals surface area (Å²) in [4.78, 5) is 23.8. The van der Waals surface area contributed by atoms with E-state index in [-0.39, 0.29) is 18.2 Å². The maximum absolute atomic E-state index is 11.6. The molecule has 1 N–H and O–H groups in total. The second-order valence-corrected chi connectivity index (χ2v) is 4.23. The Kier molecular flexibility index (Phi) is 3.96. The summed E-state index contributed by atoms with van der Waals surface area (Å²) in [6.07, 6.45) is 0. The van der Waals surface area contributed by atoms with E-state index in [9.17, 15) is 14.9 Å². The maximum atomic E-state index is 11.6. The highest BCUT2D eigenvalue weighted by atomic mass is 16.6. The number of morpholine rings is 1. The number of anilines is 1. The largest absolute Gasteiger partial charge is 0.383 e. The molecule has 19 heavy (non-hydrogen) atoms. The van der Waals surface area contributed by atoms with Crippen molar-refractivity contribution in [3.8, 4) is 0 Å². The number of hydrogen-bond donors (Lipinski definition) is 1. The fraction of sp³-hybridized carbons (Fsp3) is 0.417. The van der Waals surface area contributed by atoms with Gasteiger partial charge in [0.05, 0.1) is 11.5 Å². The first-order valence-electron chi connectivity index (χ1n) is 5.92. The van der Waals surface area contributed by atoms with Crippen LogP contribution in [0.4, 0.5) is 11.4 Å². The second kappa shape index (κ2) is 5.66. The molecule has 0 atom stereocenters. The number of rotatable bonds is 4. The van der Waals surface area contributed by atoms with Crippen molar-refractivity contribution in [3.05, 3.63) is 33.9 Å². The lowest BCUT2D eigenvalue weighted by Crippen LogP contribution is -2.40. The zero-order chi connectivity index (χ0) is 13.8. The number of nitro benzene ring substituents is 1. The quantitative estimate of drug-likeness (QED) is 0.648. The fourth-order valence-electron chi connectivity index (χ4n) is 1.98. The average Bonchev–Trinajstić information content (AvgIpc) is 2.41. The van der Waals surface area contributed by atoms with E-state index < -0.39 is 4.92 Å². The van der Waals surface area contributed by atoms with Crippen LogP contribution in [0.2, 0.25) is 0 Å². The molecule has 102 valence electrons. The summed E-state index contributed by atoms with van der Waals surface area (Å²) in [5.41, 5.74) is 1.21. The van der Waals surface area contributed by atoms with E-state index in [1.807, 2.05) is 0 Å². The van der Waals surface area contributed by atoms with Crippen molar-refractivity contribution in [2.24, 2.45) is 0 Å². The third kappa shape index (κ3) is 3.00. The van der Waals surface area contributed by atoms with Crippen LogP contribution in [-0.4, -0.2) is 42.5 Å². The first-order valence-corrected chi connectivity index (χ1v) is 5.92. The maximum Gasteiger partial charge on any atom is 0.292 e. The molecule has 0 spiro atoms. The molecule has 1 fully saturated rings. The van der Waals surface area contributed by atoms with Crippen molar-refractivity contribution in [2.45, 2.75) is 6.54 Å². The van der Waals surface area contributed by atoms with Crippen molar-refractivity contribution in [1.29, 1.82) is 0 Å². The van der Waals surface area contributed by atoms with Crippen LogP contribution in [0.25, 0.3) is 0 Å². The van der Waals surface area contributed by atoms with Crippen LogP contribution in [0.3, 0.4) is 0 Å². The summed E-state index contributed by atoms with van der Waals surface area (Å²) in [5, 5.41) is 13.7. The van der Waals surface area contributed by atoms with E-state index in [0.29, 0.717) is 25.4 Å². The zero-order valence-corrected chi connectivity index (χ0v) is 10.6. The van der Waals surface area contributed by atoms with Crippen molar-refractivity contribution >= 4 is 17.3 Å². The predicted molar refractivity (Wildman–Crippen MR) is 68.9 cm³/mol. The van der Waals surface area contributed by atoms with Gasteiger partial charge in [-0.3, -0.25) is 14.9 Å². The molecule has 0 aromatic heterocycles. The Morgan fingerprint density at radius 1 is 1.53 bits per heavy atom. The van der Waals surface area contributed by atoms with E-state index in [4.69, 9.17) is 4.74 Å². The summed E-state index contributed by atoms with van der Waals surface area (Å²) in [7, 11) is 1.63. The molecule has 0 radical (unpaired) electrons. The Labute approximate surface area is 110 Å². The molecule has 1 aliphatic heterocycles. The Morgan fingerprint density at radius 2 is 2.32 bits per heavy atom. The SMILES string of the molecule is CNc1ccc(CN2CCOCC2=O)cc1[N+](=O)[O-]. The van der Waals surface area contributed by atoms with Gasteiger partial charge in [-0.25, -0.2) is 0 Å². The van der Waals surface area contributed by atoms with Crippen molar-refractivity contribution in [2.75, 3.05) is 32.1 Å². The molecule has 0 unspecified atom stereocenters. The molecule has 1 aromatic rings. The minimum absolute atomic E-state index is 0.0145. The van der Waals surface area contributed by atoms with Gasteiger partial charge in [0, 0.05) is 26.2 Å². The third-order valence-electron chi connectivity index (χ3n) is 2.99. The second-order valence-electron chi connectivity index (χ2n) is 4.23. The molecule has 1 saturated heterocycles. The number of amides is 1. The zero-order valence-electron chi connectivity index (χ0n) is 10.6. The lowest BCUT2D eigenvalue weighted by molar-refractivity contribution is -0.384. The summed E-state index contributed by atoms with van der Waals surface area (Å²) in [6, 6.07) is 4.93. The number of benzene rings is 1. The van der Waals surface area contributed by atoms with Gasteiger partial charge in [0.15, 0.2) is 0 Å². The number of hydrogen-bond acceptors (Lipinski definition) is 5. The number of nitro groups is 1. The topological polar surface area (TPSA) is 84.7 Å². The first-order chi connectivity index (χ1) is 9.11. The lowest BCUT2D eigenvalue weighted by atomic mass is 10.1. The molecule has 1 aromatic carbocycles. The van der Waals surface area contributed by atoms with Gasteiger partial charge in [-0.15, -0.1) is 0 Å². The highest BCUT2D eigenvalue weighted by Gasteiger charge is 2.20. The Bertz CT molecular complexity index is 504. The lowest BCUT2D eigenvalue weighted by Gasteiger charge is -2.26. The minimum Gasteiger partial charge on any atom is -0.383 e. The van der Waals surface area contributed by atoms with Crippen molar-refractivity contribution in [3.63, 3.8) is 0 Å². The van der Waals surface area contributed by atoms with Crippen LogP contribution in [0.15, 0.2) is 18.2 Å². The van der Waals surface area contributed by atoms with Gasteiger partial charge in [0.1, 0.15) is 12.3 Å². The number of nitrogens with one attached hydrogen (secondary N) is 1. The molecule has 0 aliphatic carbocycles. The molecule has 2 rings (SSSR count). The molecule has 1 heterocycles. The molecular weight excluding hydrogens is 250 g/mol. The van der Waals surface area contributed by atoms with Gasteiger partial charge in [0.2, 0.25) is 5.91 Å². The molecule has 1 aliphatic rings. The predicted octanol–water partition coefficient (Wildman–Crippen LogP) is 0.995. The van der Waals surface area contributed by atoms with Crippen LogP contribution in [0, 0.1) is 10.1 Å². The van der Waals surface area contributed by atoms with Crippen LogP contribution in [0.5, 0.6) is 0 Å². The molecule has 7 heteroatoms. The summed E-state index contributed by atoms with van der Waals surface area (Å²) >= 11 is 0. The van der Waals surface area contributed by atoms with Crippen LogP contribution >= 0.6 is 0 Å². The van der Waals surface area contributed by atoms with Gasteiger partial charge in [-0.2, -0.15) is 0 Å². The molecule has 7 nitrogen and oxygen atoms in total. The van der Waals surface area contributed by atoms with Crippen LogP contribution in [0.1, 0.15) is 5.56 Å². The number of ether oxygens (including phenoxy) is 1. The number of nitrogens with zero attached hydrogens (tertiary/aromatic N) is 2. The molecule has 0 saturated carbocycles. The van der Waals surface area contributed by atoms with Gasteiger partial charge in [0.25, 0.3) is 5.69 Å². The van der Waals surface area contributed by atoms with E-state index in [2.05, 4.69) is 5.32 Å². The number of carbonyl (C=O) groups is 1. The van der Waals surface area contributed by atoms with Crippen LogP contribution in [-0.2, 0) is 16.1 Å². The average molecular weight is 265 g/mol. The normalized spacial score (nSPS) is 15.4.